The fraction of sp³-hybridized carbons (Fsp3) is 1.00. The van der Waals surface area contributed by atoms with Crippen molar-refractivity contribution in [3.05, 3.63) is 119 Å². The van der Waals surface area contributed by atoms with Crippen LogP contribution in [0.3, 0.4) is 0 Å². The van der Waals surface area contributed by atoms with E-state index in [4.69, 9.17) is 0 Å². The summed E-state index contributed by atoms with van der Waals surface area (Å²) in [6.45, 7) is 0. The standard InChI is InChI=1S/C100H40/c1-5-13-21-29-31-23-15-7-2-9-17-25-33-35-27-19-11-4-12-20-28-36-34-26-18-10-3-8-16-24-32-30-22-14-6(1)37(5)41(13)49(21)57(29)59(31)51(23)43(15)38(7,9)45(17)53(25)61(33)63(35)55(27)47(19)40(11,12)48(20)56(28)64(36)62(34)54(26)46(18)39(8,10)44(16)52(24)60(32)58(30)50(22)42(14,37)65(41)69(49)77(57)79(59)71(51)66(43,45)73(53)81(61)83(63)75(55)68(47,48)76(56)84(64)82(62)74(54)67(44,46)72(52)80(60)78(58)70(50,65)85(69)89(77)91(79)86(71,73)93(81)95(83)88(75,76)96(84)94(82)87(72,74)92(80)90(78,85)97(89)98(91,93)100(95,96)99(92,94)97/h5-36H,1-4H2. The van der Waals surface area contributed by atoms with E-state index in [-0.39, 0.29) is 0 Å². The molecule has 81 saturated carbocycles. The third kappa shape index (κ3) is 0.523. The molecule has 440 valence electrons. The number of hydrogen-bond acceptors (Lipinski definition) is 0. The molecule has 0 heteroatoms. The minimum atomic E-state index is 1.12. The highest BCUT2D eigenvalue weighted by Gasteiger charge is 3.91. The van der Waals surface area contributed by atoms with Gasteiger partial charge in [0.05, 0.1) is 0 Å². The van der Waals surface area contributed by atoms with Crippen LogP contribution in [0, 0.1) is 536 Å². The largest absolute Gasteiger partial charge is 0.0458 e. The Morgan fingerprint density at radius 3 is 0.340 bits per heavy atom. The summed E-state index contributed by atoms with van der Waals surface area (Å²) in [5.74, 6) is 46.6. The Balaban J connectivity index is 0.624. The van der Waals surface area contributed by atoms with Crippen LogP contribution in [0.5, 0.6) is 0 Å². The third-order valence-electron chi connectivity index (χ3n) is 95.5. The van der Waals surface area contributed by atoms with Gasteiger partial charge in [0.15, 0.2) is 0 Å². The Labute approximate surface area is 557 Å². The normalized spacial score (nSPS) is 158. The highest BCUT2D eigenvalue weighted by molar-refractivity contribution is 6.90. The van der Waals surface area contributed by atoms with Gasteiger partial charge in [0, 0.05) is 0 Å². The van der Waals surface area contributed by atoms with Crippen molar-refractivity contribution in [2.75, 3.05) is 0 Å². The van der Waals surface area contributed by atoms with Gasteiger partial charge in [0.25, 0.3) is 0 Å². The van der Waals surface area contributed by atoms with Crippen LogP contribution in [0.4, 0.5) is 0 Å². The number of hydrogen-bond donors (Lipinski definition) is 0. The lowest BCUT2D eigenvalue weighted by Gasteiger charge is -3.84. The van der Waals surface area contributed by atoms with Crippen molar-refractivity contribution < 1.29 is 0 Å². The van der Waals surface area contributed by atoms with Gasteiger partial charge < -0.3 is 0 Å². The molecule has 0 N–H and O–H groups in total. The first kappa shape index (κ1) is 30.2. The zero-order chi connectivity index (χ0) is 53.3. The third-order valence-corrected chi connectivity index (χ3v) is 95.5. The summed E-state index contributed by atoms with van der Waals surface area (Å²) in [5, 5.41) is 0. The molecule has 80 unspecified atom stereocenters. The van der Waals surface area contributed by atoms with Gasteiger partial charge in [0.2, 0.25) is 0 Å². The topological polar surface area (TPSA) is 0 Å². The average molecular weight is 1240 g/mol. The van der Waals surface area contributed by atoms with Gasteiger partial charge in [-0.2, -0.15) is 0 Å². The molecule has 0 saturated heterocycles. The summed E-state index contributed by atoms with van der Waals surface area (Å²) in [6, 6.07) is 0. The number of rotatable bonds is 0. The van der Waals surface area contributed by atoms with E-state index in [1.165, 1.54) is 363 Å². The van der Waals surface area contributed by atoms with Gasteiger partial charge >= 0.3 is 0 Å². The summed E-state index contributed by atoms with van der Waals surface area (Å²) in [6.07, 6.45) is 7.78. The van der Waals surface area contributed by atoms with E-state index in [2.05, 4.69) is 0 Å². The molecule has 0 amide bonds. The molecule has 64 spiro atoms. The van der Waals surface area contributed by atoms with Crippen molar-refractivity contribution in [1.29, 1.82) is 0 Å². The molecule has 0 nitrogen and oxygen atoms in total. The second-order valence-electron chi connectivity index (χ2n) is 68.3. The summed E-state index contributed by atoms with van der Waals surface area (Å²) in [7, 11) is 0. The maximum absolute atomic E-state index is 1.94. The zero-order valence-electron chi connectivity index (χ0n) is 53.3. The van der Waals surface area contributed by atoms with Crippen LogP contribution in [0.2, 0.25) is 0 Å². The van der Waals surface area contributed by atoms with Crippen LogP contribution in [-0.2, 0) is 0 Å². The average Bonchev–Trinajstić information content (AvgIpc) is 0.391. The first-order chi connectivity index (χ1) is 49.8. The van der Waals surface area contributed by atoms with Crippen molar-refractivity contribution in [3.63, 3.8) is 0 Å². The summed E-state index contributed by atoms with van der Waals surface area (Å²) >= 11 is 0. The quantitative estimate of drug-likeness (QED) is 0.240. The smallest absolute Gasteiger partial charge is 0.000000411 e. The lowest BCUT2D eigenvalue weighted by Crippen LogP contribution is -3.79. The molecule has 0 aliphatic heterocycles. The molecule has 81 rings (SSSR count). The van der Waals surface area contributed by atoms with Crippen LogP contribution < -0.4 is 0 Å². The van der Waals surface area contributed by atoms with E-state index in [9.17, 15) is 0 Å². The highest BCUT2D eigenvalue weighted by Crippen LogP contribution is 3.95. The van der Waals surface area contributed by atoms with Crippen LogP contribution in [0.25, 0.3) is 0 Å². The molecule has 0 aromatic carbocycles. The van der Waals surface area contributed by atoms with Gasteiger partial charge in [-0.05, 0) is 562 Å². The van der Waals surface area contributed by atoms with Crippen LogP contribution in [0.15, 0.2) is 0 Å². The van der Waals surface area contributed by atoms with E-state index in [0.29, 0.717) is 0 Å². The highest BCUT2D eigenvalue weighted by atomic mass is 15.9. The van der Waals surface area contributed by atoms with E-state index < -0.39 is 0 Å². The first-order valence-corrected chi connectivity index (χ1v) is 49.8. The molecular formula is C100H40. The van der Waals surface area contributed by atoms with Crippen molar-refractivity contribution in [2.24, 2.45) is 417 Å². The molecule has 0 radical (unpaired) electrons. The predicted molar refractivity (Wildman–Crippen MR) is 304 cm³/mol. The Kier molecular flexibility index (Phi) is 1.23. The van der Waals surface area contributed by atoms with E-state index in [1.54, 1.807) is 0 Å². The second kappa shape index (κ2) is 4.06. The predicted octanol–water partition coefficient (Wildman–Crippen LogP) is 7.28. The summed E-state index contributed by atoms with van der Waals surface area (Å²) in [4.78, 5) is 0. The van der Waals surface area contributed by atoms with Crippen molar-refractivity contribution in [1.82, 2.24) is 0 Å². The minimum Gasteiger partial charge on any atom is -0.0458 e. The molecule has 100 heavy (non-hydrogen) atoms. The molecule has 81 aliphatic rings. The van der Waals surface area contributed by atoms with Gasteiger partial charge in [-0.15, -0.1) is 0 Å². The fourth-order valence-corrected chi connectivity index (χ4v) is 128. The number of fused-ring (bicyclic) bond motifs is 28. The van der Waals surface area contributed by atoms with E-state index in [1.807, 2.05) is 25.7 Å². The monoisotopic (exact) mass is 1240 g/mol. The van der Waals surface area contributed by atoms with Crippen LogP contribution in [-0.4, -0.2) is 0 Å². The van der Waals surface area contributed by atoms with Crippen molar-refractivity contribution >= 4 is 0 Å². The van der Waals surface area contributed by atoms with Gasteiger partial charge in [-0.3, -0.25) is 0 Å². The second-order valence-corrected chi connectivity index (χ2v) is 68.3. The van der Waals surface area contributed by atoms with Gasteiger partial charge in [-0.25, -0.2) is 0 Å². The van der Waals surface area contributed by atoms with Crippen LogP contribution >= 0.6 is 0 Å². The Hall–Kier alpha value is 0. The zero-order valence-corrected chi connectivity index (χ0v) is 53.3. The minimum absolute atomic E-state index is 1.12. The fourth-order valence-electron chi connectivity index (χ4n) is 128. The Morgan fingerprint density at radius 1 is 0.0900 bits per heavy atom. The molecule has 81 fully saturated rings. The van der Waals surface area contributed by atoms with Crippen molar-refractivity contribution in [2.45, 2.75) is 25.7 Å². The van der Waals surface area contributed by atoms with Crippen LogP contribution in [0.1, 0.15) is 25.7 Å². The van der Waals surface area contributed by atoms with E-state index in [0.717, 1.165) is 173 Å². The molecule has 0 bridgehead atoms. The molecule has 81 aliphatic carbocycles. The Morgan fingerprint density at radius 2 is 0.190 bits per heavy atom. The lowest BCUT2D eigenvalue weighted by molar-refractivity contribution is -1.17. The van der Waals surface area contributed by atoms with Crippen molar-refractivity contribution in [3.8, 4) is 0 Å². The SMILES string of the molecule is C1C2C3C4C5C6C7C8C9CC%10C%11C%12C%13C%14C%15C%16C%17CC%18C%19C%20C%21C%22C%23C%24C%25CC%26C%27C%28C%29C%30C%31C%32C1C21C32C43C54C65C76C87C9%10C%118C%129C%13%10C%14%11C%15%12C%16%13C%17%18C%19%14C%20%15C%21%16C%22%17C%23%18C%24%19C%26%25C%27%20C%28%21C%29%22C%30%23C%31%24C%321C21C32C43C54C65C78C96C%107C%118C%129C%13%14C%15%10C%16%11C%17%12C%18%13C%20%19C%21%14C%22%15C%23%16C%241C21C32C43C56C74C85C9%10C%116C%127C%14%13C%158C%161C21C34C56C871. The molecule has 0 heterocycles. The molecule has 0 aromatic heterocycles. The summed E-state index contributed by atoms with van der Waals surface area (Å²) < 4.78 is 0. The Bertz CT molecular complexity index is 7150. The molecular weight excluding hydrogens is 1200 g/mol. The lowest BCUT2D eigenvalue weighted by atomic mass is 8.18. The summed E-state index contributed by atoms with van der Waals surface area (Å²) in [5.41, 5.74) is 74.3. The molecule has 80 atom stereocenters. The first-order valence-electron chi connectivity index (χ1n) is 49.8. The maximum atomic E-state index is 1.94. The van der Waals surface area contributed by atoms with E-state index >= 15 is 0 Å². The molecule has 0 aromatic rings. The maximum Gasteiger partial charge on any atom is -0.000000411 e. The van der Waals surface area contributed by atoms with Gasteiger partial charge in [0.1, 0.15) is 0 Å². The van der Waals surface area contributed by atoms with Gasteiger partial charge in [-0.1, -0.05) is 0 Å².